The number of thiophene rings is 1. The van der Waals surface area contributed by atoms with E-state index in [2.05, 4.69) is 48.5 Å². The SMILES string of the molecule is Fc1ccc(-[s+]2c3ccccc3c3ccccc32)cc1. The molecule has 2 heteroatoms. The number of hydrogen-bond donors (Lipinski definition) is 0. The van der Waals surface area contributed by atoms with E-state index < -0.39 is 0 Å². The molecule has 0 radical (unpaired) electrons. The van der Waals surface area contributed by atoms with Gasteiger partial charge in [0.2, 0.25) is 0 Å². The first kappa shape index (κ1) is 11.6. The molecule has 0 unspecified atom stereocenters. The summed E-state index contributed by atoms with van der Waals surface area (Å²) in [7, 11) is -0.115. The second-order valence-corrected chi connectivity index (χ2v) is 6.72. The van der Waals surface area contributed by atoms with Crippen LogP contribution in [0.25, 0.3) is 25.1 Å². The van der Waals surface area contributed by atoms with E-state index in [4.69, 9.17) is 0 Å². The highest BCUT2D eigenvalue weighted by Gasteiger charge is 2.22. The average Bonchev–Trinajstić information content (AvgIpc) is 2.83. The molecule has 0 aliphatic carbocycles. The van der Waals surface area contributed by atoms with Gasteiger partial charge < -0.3 is 0 Å². The third kappa shape index (κ3) is 1.65. The molecule has 96 valence electrons. The Hall–Kier alpha value is -2.19. The Bertz CT molecular complexity index is 850. The summed E-state index contributed by atoms with van der Waals surface area (Å²) in [6.07, 6.45) is 0. The smallest absolute Gasteiger partial charge is 0.187 e. The molecular weight excluding hydrogens is 267 g/mol. The minimum atomic E-state index is -0.182. The van der Waals surface area contributed by atoms with Crippen LogP contribution < -0.4 is 0 Å². The molecular formula is C18H12FS+. The summed E-state index contributed by atoms with van der Waals surface area (Å²) in [5, 5.41) is 2.60. The van der Waals surface area contributed by atoms with E-state index in [1.165, 1.54) is 25.1 Å². The van der Waals surface area contributed by atoms with Crippen molar-refractivity contribution in [1.82, 2.24) is 0 Å². The highest BCUT2D eigenvalue weighted by molar-refractivity contribution is 7.50. The van der Waals surface area contributed by atoms with Crippen LogP contribution in [0.15, 0.2) is 72.8 Å². The van der Waals surface area contributed by atoms with Crippen molar-refractivity contribution in [2.24, 2.45) is 0 Å². The Balaban J connectivity index is 2.17. The fourth-order valence-corrected chi connectivity index (χ4v) is 5.06. The molecule has 0 fully saturated rings. The van der Waals surface area contributed by atoms with Gasteiger partial charge in [0.05, 0.1) is 0 Å². The molecule has 4 aromatic rings. The van der Waals surface area contributed by atoms with Crippen LogP contribution >= 0.6 is 10.5 Å². The Morgan fingerprint density at radius 2 is 1.10 bits per heavy atom. The van der Waals surface area contributed by atoms with Crippen LogP contribution in [0.3, 0.4) is 0 Å². The normalized spacial score (nSPS) is 11.2. The largest absolute Gasteiger partial charge is 0.207 e. The van der Waals surface area contributed by atoms with Gasteiger partial charge in [-0.3, -0.25) is 0 Å². The van der Waals surface area contributed by atoms with E-state index in [0.29, 0.717) is 0 Å². The molecule has 0 saturated heterocycles. The maximum absolute atomic E-state index is 13.2. The van der Waals surface area contributed by atoms with Crippen molar-refractivity contribution in [2.45, 2.75) is 0 Å². The van der Waals surface area contributed by atoms with Crippen LogP contribution in [0.2, 0.25) is 0 Å². The van der Waals surface area contributed by atoms with Gasteiger partial charge >= 0.3 is 0 Å². The number of benzene rings is 3. The summed E-state index contributed by atoms with van der Waals surface area (Å²) in [5.74, 6) is -0.182. The summed E-state index contributed by atoms with van der Waals surface area (Å²) >= 11 is 0. The molecule has 1 aromatic heterocycles. The van der Waals surface area contributed by atoms with Gasteiger partial charge in [-0.2, -0.15) is 0 Å². The fourth-order valence-electron chi connectivity index (χ4n) is 2.68. The van der Waals surface area contributed by atoms with Crippen molar-refractivity contribution in [3.05, 3.63) is 78.6 Å². The van der Waals surface area contributed by atoms with E-state index in [-0.39, 0.29) is 16.3 Å². The molecule has 0 nitrogen and oxygen atoms in total. The zero-order valence-electron chi connectivity index (χ0n) is 10.7. The number of fused-ring (bicyclic) bond motifs is 3. The first-order chi connectivity index (χ1) is 9.84. The van der Waals surface area contributed by atoms with Crippen LogP contribution in [0.1, 0.15) is 0 Å². The van der Waals surface area contributed by atoms with Gasteiger partial charge in [-0.15, -0.1) is 0 Å². The molecule has 0 bridgehead atoms. The molecule has 0 N–H and O–H groups in total. The zero-order valence-corrected chi connectivity index (χ0v) is 11.5. The van der Waals surface area contributed by atoms with Gasteiger partial charge in [-0.05, 0) is 36.4 Å². The predicted octanol–water partition coefficient (Wildman–Crippen LogP) is 5.87. The van der Waals surface area contributed by atoms with Crippen molar-refractivity contribution in [3.8, 4) is 4.90 Å². The molecule has 3 aromatic carbocycles. The first-order valence-electron chi connectivity index (χ1n) is 6.53. The second-order valence-electron chi connectivity index (χ2n) is 4.75. The minimum Gasteiger partial charge on any atom is -0.207 e. The molecule has 0 saturated carbocycles. The Labute approximate surface area is 119 Å². The van der Waals surface area contributed by atoms with Gasteiger partial charge in [-0.1, -0.05) is 24.3 Å². The number of hydrogen-bond acceptors (Lipinski definition) is 0. The van der Waals surface area contributed by atoms with Crippen molar-refractivity contribution in [3.63, 3.8) is 0 Å². The van der Waals surface area contributed by atoms with Crippen LogP contribution in [0.4, 0.5) is 4.39 Å². The summed E-state index contributed by atoms with van der Waals surface area (Å²) in [6, 6.07) is 23.9. The highest BCUT2D eigenvalue weighted by Crippen LogP contribution is 2.47. The average molecular weight is 279 g/mol. The van der Waals surface area contributed by atoms with Gasteiger partial charge in [0.1, 0.15) is 5.82 Å². The molecule has 0 aliphatic heterocycles. The third-order valence-corrected chi connectivity index (χ3v) is 5.89. The molecule has 4 rings (SSSR count). The van der Waals surface area contributed by atoms with Crippen molar-refractivity contribution in [1.29, 1.82) is 0 Å². The Morgan fingerprint density at radius 1 is 0.600 bits per heavy atom. The summed E-state index contributed by atoms with van der Waals surface area (Å²) in [5.41, 5.74) is 0. The van der Waals surface area contributed by atoms with Crippen LogP contribution in [0.5, 0.6) is 0 Å². The Kier molecular flexibility index (Phi) is 2.57. The monoisotopic (exact) mass is 279 g/mol. The maximum Gasteiger partial charge on any atom is 0.187 e. The van der Waals surface area contributed by atoms with Crippen molar-refractivity contribution < 1.29 is 4.39 Å². The predicted molar refractivity (Wildman–Crippen MR) is 85.2 cm³/mol. The molecule has 0 spiro atoms. The van der Waals surface area contributed by atoms with Gasteiger partial charge in [-0.25, -0.2) is 4.39 Å². The standard InChI is InChI=1S/C18H12FS/c19-13-9-11-14(12-10-13)20-17-7-3-1-5-15(17)16-6-2-4-8-18(16)20/h1-12H/q+1. The van der Waals surface area contributed by atoms with E-state index >= 15 is 0 Å². The van der Waals surface area contributed by atoms with Gasteiger partial charge in [0.15, 0.2) is 14.3 Å². The van der Waals surface area contributed by atoms with Gasteiger partial charge in [0, 0.05) is 33.4 Å². The van der Waals surface area contributed by atoms with E-state index in [9.17, 15) is 4.39 Å². The number of rotatable bonds is 1. The Morgan fingerprint density at radius 3 is 1.65 bits per heavy atom. The lowest BCUT2D eigenvalue weighted by atomic mass is 10.2. The fraction of sp³-hybridized carbons (Fsp3) is 0. The zero-order chi connectivity index (χ0) is 13.5. The van der Waals surface area contributed by atoms with E-state index in [1.54, 1.807) is 12.1 Å². The highest BCUT2D eigenvalue weighted by atomic mass is 32.2. The summed E-state index contributed by atoms with van der Waals surface area (Å²) in [4.78, 5) is 1.17. The molecule has 0 aliphatic rings. The van der Waals surface area contributed by atoms with Crippen LogP contribution in [-0.4, -0.2) is 0 Å². The second kappa shape index (κ2) is 4.43. The maximum atomic E-state index is 13.2. The van der Waals surface area contributed by atoms with E-state index in [0.717, 1.165) is 0 Å². The lowest BCUT2D eigenvalue weighted by Crippen LogP contribution is -1.73. The quantitative estimate of drug-likeness (QED) is 0.382. The molecule has 0 amide bonds. The van der Waals surface area contributed by atoms with E-state index in [1.807, 2.05) is 12.1 Å². The minimum absolute atomic E-state index is 0.115. The van der Waals surface area contributed by atoms with Crippen LogP contribution in [0, 0.1) is 5.82 Å². The van der Waals surface area contributed by atoms with Crippen molar-refractivity contribution in [2.75, 3.05) is 0 Å². The topological polar surface area (TPSA) is 0 Å². The first-order valence-corrected chi connectivity index (χ1v) is 7.75. The lowest BCUT2D eigenvalue weighted by Gasteiger charge is -1.93. The summed E-state index contributed by atoms with van der Waals surface area (Å²) in [6.45, 7) is 0. The molecule has 1 heterocycles. The van der Waals surface area contributed by atoms with Crippen molar-refractivity contribution >= 4 is 30.6 Å². The summed E-state index contributed by atoms with van der Waals surface area (Å²) < 4.78 is 15.8. The molecule has 0 atom stereocenters. The lowest BCUT2D eigenvalue weighted by molar-refractivity contribution is 0.628. The molecule has 20 heavy (non-hydrogen) atoms. The van der Waals surface area contributed by atoms with Gasteiger partial charge in [0.25, 0.3) is 0 Å². The third-order valence-electron chi connectivity index (χ3n) is 3.55. The van der Waals surface area contributed by atoms with Crippen LogP contribution in [-0.2, 0) is 0 Å². The number of halogens is 1.